The van der Waals surface area contributed by atoms with Gasteiger partial charge in [-0.1, -0.05) is 24.3 Å². The molecule has 11 heavy (non-hydrogen) atoms. The highest BCUT2D eigenvalue weighted by atomic mass is 16.5. The molecule has 0 fully saturated rings. The molecule has 1 unspecified atom stereocenters. The zero-order valence-electron chi connectivity index (χ0n) is 6.73. The quantitative estimate of drug-likeness (QED) is 0.657. The Hall–Kier alpha value is -0.600. The van der Waals surface area contributed by atoms with Gasteiger partial charge in [0.2, 0.25) is 0 Å². The van der Waals surface area contributed by atoms with E-state index >= 15 is 0 Å². The maximum atomic E-state index is 8.87. The van der Waals surface area contributed by atoms with Gasteiger partial charge < -0.3 is 9.84 Å². The Morgan fingerprint density at radius 3 is 2.64 bits per heavy atom. The fourth-order valence-corrected chi connectivity index (χ4v) is 0.964. The van der Waals surface area contributed by atoms with Crippen LogP contribution in [-0.4, -0.2) is 24.4 Å². The highest BCUT2D eigenvalue weighted by Gasteiger charge is 2.03. The molecule has 0 radical (unpaired) electrons. The molecule has 62 valence electrons. The fourth-order valence-electron chi connectivity index (χ4n) is 0.964. The summed E-state index contributed by atoms with van der Waals surface area (Å²) in [5.74, 6) is 0.411. The van der Waals surface area contributed by atoms with Crippen LogP contribution in [-0.2, 0) is 4.74 Å². The molecule has 0 bridgehead atoms. The number of rotatable bonds is 4. The van der Waals surface area contributed by atoms with Crippen LogP contribution in [0.4, 0.5) is 0 Å². The summed E-state index contributed by atoms with van der Waals surface area (Å²) in [5, 5.41) is 8.87. The minimum absolute atomic E-state index is 0.357. The van der Waals surface area contributed by atoms with Crippen molar-refractivity contribution in [3.63, 3.8) is 0 Å². The van der Waals surface area contributed by atoms with E-state index in [2.05, 4.69) is 12.2 Å². The van der Waals surface area contributed by atoms with Crippen molar-refractivity contribution in [3.8, 4) is 0 Å². The number of aliphatic hydroxyl groups excluding tert-OH is 1. The molecule has 1 aliphatic carbocycles. The van der Waals surface area contributed by atoms with Crippen molar-refractivity contribution in [3.05, 3.63) is 24.3 Å². The van der Waals surface area contributed by atoms with E-state index in [0.717, 1.165) is 0 Å². The Morgan fingerprint density at radius 2 is 2.09 bits per heavy atom. The predicted molar refractivity (Wildman–Crippen MR) is 44.3 cm³/mol. The first-order valence-electron chi connectivity index (χ1n) is 3.90. The Balaban J connectivity index is 2.03. The smallest absolute Gasteiger partial charge is 0.0745 e. The largest absolute Gasteiger partial charge is 0.391 e. The second-order valence-electron chi connectivity index (χ2n) is 2.82. The highest BCUT2D eigenvalue weighted by Crippen LogP contribution is 2.08. The van der Waals surface area contributed by atoms with Gasteiger partial charge in [-0.15, -0.1) is 0 Å². The van der Waals surface area contributed by atoms with E-state index in [0.29, 0.717) is 19.1 Å². The van der Waals surface area contributed by atoms with E-state index in [1.807, 2.05) is 12.2 Å². The molecule has 0 saturated heterocycles. The summed E-state index contributed by atoms with van der Waals surface area (Å²) in [5.41, 5.74) is 0. The molecule has 0 saturated carbocycles. The topological polar surface area (TPSA) is 29.5 Å². The van der Waals surface area contributed by atoms with Crippen molar-refractivity contribution in [2.75, 3.05) is 13.2 Å². The van der Waals surface area contributed by atoms with Crippen LogP contribution < -0.4 is 0 Å². The standard InChI is InChI=1S/C9H14O2/c1-8(10)6-11-7-9-4-2-3-5-9/h2-5,8-10H,6-7H2,1H3. The Morgan fingerprint density at radius 1 is 1.45 bits per heavy atom. The molecule has 1 rings (SSSR count). The van der Waals surface area contributed by atoms with Gasteiger partial charge in [0.05, 0.1) is 19.3 Å². The zero-order valence-corrected chi connectivity index (χ0v) is 6.73. The number of ether oxygens (including phenoxy) is 1. The van der Waals surface area contributed by atoms with Crippen molar-refractivity contribution in [2.45, 2.75) is 13.0 Å². The number of hydrogen-bond donors (Lipinski definition) is 1. The lowest BCUT2D eigenvalue weighted by atomic mass is 10.2. The second-order valence-corrected chi connectivity index (χ2v) is 2.82. The summed E-state index contributed by atoms with van der Waals surface area (Å²) in [6, 6.07) is 0. The van der Waals surface area contributed by atoms with E-state index in [9.17, 15) is 0 Å². The Kier molecular flexibility index (Phi) is 3.33. The summed E-state index contributed by atoms with van der Waals surface area (Å²) in [6.45, 7) is 2.83. The van der Waals surface area contributed by atoms with E-state index in [4.69, 9.17) is 9.84 Å². The average Bonchev–Trinajstić information content (AvgIpc) is 2.39. The molecule has 2 heteroatoms. The van der Waals surface area contributed by atoms with Gasteiger partial charge in [0.15, 0.2) is 0 Å². The molecule has 0 aromatic rings. The van der Waals surface area contributed by atoms with Gasteiger partial charge in [0.25, 0.3) is 0 Å². The van der Waals surface area contributed by atoms with Crippen molar-refractivity contribution >= 4 is 0 Å². The van der Waals surface area contributed by atoms with Crippen LogP contribution in [0.15, 0.2) is 24.3 Å². The molecular formula is C9H14O2. The normalized spacial score (nSPS) is 19.5. The molecule has 0 heterocycles. The van der Waals surface area contributed by atoms with Gasteiger partial charge in [-0.2, -0.15) is 0 Å². The zero-order chi connectivity index (χ0) is 8.10. The number of aliphatic hydroxyl groups is 1. The Bertz CT molecular complexity index is 147. The molecule has 0 spiro atoms. The van der Waals surface area contributed by atoms with Gasteiger partial charge in [-0.05, 0) is 6.92 Å². The van der Waals surface area contributed by atoms with Crippen molar-refractivity contribution in [1.29, 1.82) is 0 Å². The van der Waals surface area contributed by atoms with Crippen LogP contribution in [0.25, 0.3) is 0 Å². The Labute approximate surface area is 67.2 Å². The van der Waals surface area contributed by atoms with E-state index < -0.39 is 0 Å². The highest BCUT2D eigenvalue weighted by molar-refractivity contribution is 5.17. The van der Waals surface area contributed by atoms with Gasteiger partial charge in [-0.25, -0.2) is 0 Å². The monoisotopic (exact) mass is 154 g/mol. The minimum atomic E-state index is -0.357. The third kappa shape index (κ3) is 3.35. The van der Waals surface area contributed by atoms with E-state index in [1.54, 1.807) is 6.92 Å². The molecule has 1 aliphatic rings. The molecule has 0 amide bonds. The first kappa shape index (κ1) is 8.50. The molecule has 0 aliphatic heterocycles. The van der Waals surface area contributed by atoms with Gasteiger partial charge >= 0.3 is 0 Å². The molecule has 1 atom stereocenters. The number of allylic oxidation sites excluding steroid dienone is 2. The van der Waals surface area contributed by atoms with Crippen LogP contribution in [0, 0.1) is 5.92 Å². The summed E-state index contributed by atoms with van der Waals surface area (Å²) in [4.78, 5) is 0. The summed E-state index contributed by atoms with van der Waals surface area (Å²) in [6.07, 6.45) is 7.83. The molecule has 2 nitrogen and oxygen atoms in total. The van der Waals surface area contributed by atoms with Gasteiger partial charge in [0, 0.05) is 5.92 Å². The van der Waals surface area contributed by atoms with Crippen molar-refractivity contribution < 1.29 is 9.84 Å². The van der Waals surface area contributed by atoms with Crippen molar-refractivity contribution in [2.24, 2.45) is 5.92 Å². The number of hydrogen-bond acceptors (Lipinski definition) is 2. The molecule has 1 N–H and O–H groups in total. The van der Waals surface area contributed by atoms with Crippen LogP contribution in [0.5, 0.6) is 0 Å². The lowest BCUT2D eigenvalue weighted by Gasteiger charge is -2.08. The molecule has 0 aromatic heterocycles. The summed E-state index contributed by atoms with van der Waals surface area (Å²) < 4.78 is 5.23. The van der Waals surface area contributed by atoms with Gasteiger partial charge in [-0.3, -0.25) is 0 Å². The van der Waals surface area contributed by atoms with Gasteiger partial charge in [0.1, 0.15) is 0 Å². The maximum Gasteiger partial charge on any atom is 0.0745 e. The van der Waals surface area contributed by atoms with Crippen LogP contribution >= 0.6 is 0 Å². The molecular weight excluding hydrogens is 140 g/mol. The third-order valence-corrected chi connectivity index (χ3v) is 1.50. The average molecular weight is 154 g/mol. The van der Waals surface area contributed by atoms with E-state index in [-0.39, 0.29) is 6.10 Å². The SMILES string of the molecule is CC(O)COCC1C=CC=C1. The third-order valence-electron chi connectivity index (χ3n) is 1.50. The summed E-state index contributed by atoms with van der Waals surface area (Å²) >= 11 is 0. The first-order chi connectivity index (χ1) is 5.29. The van der Waals surface area contributed by atoms with Crippen LogP contribution in [0.3, 0.4) is 0 Å². The lowest BCUT2D eigenvalue weighted by molar-refractivity contribution is 0.0409. The molecule has 0 aromatic carbocycles. The van der Waals surface area contributed by atoms with Crippen molar-refractivity contribution in [1.82, 2.24) is 0 Å². The lowest BCUT2D eigenvalue weighted by Crippen LogP contribution is -2.13. The fraction of sp³-hybridized carbons (Fsp3) is 0.556. The summed E-state index contributed by atoms with van der Waals surface area (Å²) in [7, 11) is 0. The first-order valence-corrected chi connectivity index (χ1v) is 3.90. The van der Waals surface area contributed by atoms with Crippen LogP contribution in [0.2, 0.25) is 0 Å². The maximum absolute atomic E-state index is 8.87. The second kappa shape index (κ2) is 4.31. The minimum Gasteiger partial charge on any atom is -0.391 e. The van der Waals surface area contributed by atoms with E-state index in [1.165, 1.54) is 0 Å². The predicted octanol–water partition coefficient (Wildman–Crippen LogP) is 1.13. The van der Waals surface area contributed by atoms with Crippen LogP contribution in [0.1, 0.15) is 6.92 Å².